The molecule has 2 aromatic carbocycles. The Balaban J connectivity index is 1.63. The summed E-state index contributed by atoms with van der Waals surface area (Å²) in [5.41, 5.74) is 1.84. The van der Waals surface area contributed by atoms with Crippen molar-refractivity contribution >= 4 is 69.1 Å². The van der Waals surface area contributed by atoms with Crippen LogP contribution in [0.25, 0.3) is 28.5 Å². The predicted octanol–water partition coefficient (Wildman–Crippen LogP) is 8.36. The van der Waals surface area contributed by atoms with Crippen LogP contribution >= 0.6 is 46.1 Å². The Hall–Kier alpha value is -3.54. The number of nitriles is 1. The third kappa shape index (κ3) is 6.07. The minimum atomic E-state index is -0.712. The number of nitrogens with zero attached hydrogens (tertiary/aromatic N) is 1. The van der Waals surface area contributed by atoms with Crippen LogP contribution in [0.15, 0.2) is 70.0 Å². The van der Waals surface area contributed by atoms with Crippen LogP contribution in [-0.4, -0.2) is 18.5 Å². The maximum Gasteiger partial charge on any atom is 0.341 e. The van der Waals surface area contributed by atoms with E-state index in [2.05, 4.69) is 5.32 Å². The maximum atomic E-state index is 13.0. The van der Waals surface area contributed by atoms with Crippen LogP contribution in [0.3, 0.4) is 0 Å². The third-order valence-electron chi connectivity index (χ3n) is 5.13. The Morgan fingerprint density at radius 3 is 2.49 bits per heavy atom. The molecule has 0 fully saturated rings. The summed E-state index contributed by atoms with van der Waals surface area (Å²) in [7, 11) is 0. The van der Waals surface area contributed by atoms with E-state index in [1.165, 1.54) is 6.08 Å². The van der Waals surface area contributed by atoms with Gasteiger partial charge in [0.15, 0.2) is 0 Å². The first-order chi connectivity index (χ1) is 17.8. The van der Waals surface area contributed by atoms with Crippen LogP contribution in [0.1, 0.15) is 23.0 Å². The molecule has 0 unspecified atom stereocenters. The van der Waals surface area contributed by atoms with Gasteiger partial charge in [0.05, 0.1) is 11.6 Å². The summed E-state index contributed by atoms with van der Waals surface area (Å²) < 4.78 is 11.0. The molecule has 0 atom stereocenters. The van der Waals surface area contributed by atoms with Crippen LogP contribution in [0.4, 0.5) is 5.00 Å². The van der Waals surface area contributed by atoms with Crippen LogP contribution in [-0.2, 0) is 9.53 Å². The number of benzene rings is 2. The molecule has 0 saturated heterocycles. The molecule has 37 heavy (non-hydrogen) atoms. The van der Waals surface area contributed by atoms with Gasteiger partial charge in [0.1, 0.15) is 33.7 Å². The molecule has 0 saturated carbocycles. The molecule has 0 aliphatic rings. The highest BCUT2D eigenvalue weighted by Crippen LogP contribution is 2.37. The number of anilines is 1. The fourth-order valence-electron chi connectivity index (χ4n) is 3.42. The van der Waals surface area contributed by atoms with Crippen LogP contribution in [0, 0.1) is 11.3 Å². The van der Waals surface area contributed by atoms with E-state index in [9.17, 15) is 14.9 Å². The van der Waals surface area contributed by atoms with Crippen LogP contribution < -0.4 is 5.32 Å². The van der Waals surface area contributed by atoms with Crippen molar-refractivity contribution in [1.29, 1.82) is 5.26 Å². The fourth-order valence-corrected chi connectivity index (χ4v) is 4.88. The summed E-state index contributed by atoms with van der Waals surface area (Å²) in [5, 5.41) is 15.8. The Bertz CT molecular complexity index is 1550. The van der Waals surface area contributed by atoms with Gasteiger partial charge in [-0.3, -0.25) is 4.79 Å². The van der Waals surface area contributed by atoms with E-state index in [0.29, 0.717) is 32.0 Å². The fraction of sp³-hybridized carbons (Fsp3) is 0.0741. The average Bonchev–Trinajstić information content (AvgIpc) is 3.52. The maximum absolute atomic E-state index is 13.0. The lowest BCUT2D eigenvalue weighted by Gasteiger charge is -2.08. The quantitative estimate of drug-likeness (QED) is 0.137. The number of furan rings is 1. The van der Waals surface area contributed by atoms with E-state index in [1.807, 2.05) is 6.07 Å². The zero-order valence-electron chi connectivity index (χ0n) is 19.2. The summed E-state index contributed by atoms with van der Waals surface area (Å²) >= 11 is 19.4. The van der Waals surface area contributed by atoms with Crippen molar-refractivity contribution in [3.8, 4) is 28.5 Å². The summed E-state index contributed by atoms with van der Waals surface area (Å²) in [6.07, 6.45) is 1.30. The van der Waals surface area contributed by atoms with Gasteiger partial charge in [0, 0.05) is 32.6 Å². The topological polar surface area (TPSA) is 92.3 Å². The van der Waals surface area contributed by atoms with Gasteiger partial charge in [-0.25, -0.2) is 4.79 Å². The molecule has 0 aliphatic heterocycles. The molecule has 2 heterocycles. The number of rotatable bonds is 7. The van der Waals surface area contributed by atoms with Crippen molar-refractivity contribution in [3.05, 3.63) is 91.9 Å². The van der Waals surface area contributed by atoms with E-state index < -0.39 is 11.9 Å². The number of hydrogen-bond acceptors (Lipinski definition) is 6. The Morgan fingerprint density at radius 1 is 1.05 bits per heavy atom. The van der Waals surface area contributed by atoms with E-state index in [0.717, 1.165) is 16.9 Å². The van der Waals surface area contributed by atoms with Crippen LogP contribution in [0.5, 0.6) is 0 Å². The number of amides is 1. The highest BCUT2D eigenvalue weighted by Gasteiger charge is 2.24. The third-order valence-corrected chi connectivity index (χ3v) is 6.84. The monoisotopic (exact) mass is 570 g/mol. The predicted molar refractivity (Wildman–Crippen MR) is 147 cm³/mol. The second kappa shape index (κ2) is 11.7. The molecule has 4 rings (SSSR count). The largest absolute Gasteiger partial charge is 0.462 e. The van der Waals surface area contributed by atoms with Crippen molar-refractivity contribution in [2.24, 2.45) is 0 Å². The van der Waals surface area contributed by atoms with E-state index >= 15 is 0 Å². The van der Waals surface area contributed by atoms with E-state index in [4.69, 9.17) is 44.0 Å². The second-order valence-corrected chi connectivity index (χ2v) is 9.69. The standard InChI is InChI=1S/C27H17Cl3N2O4S/c1-2-35-27(34)24-21(15-3-5-17(28)6-4-15)14-37-26(24)32-25(33)16(13-31)11-19-8-10-23(36-19)20-12-18(29)7-9-22(20)30/h3-12,14H,2H2,1H3,(H,32,33). The van der Waals surface area contributed by atoms with Gasteiger partial charge in [-0.05, 0) is 55.0 Å². The zero-order chi connectivity index (χ0) is 26.5. The normalized spacial score (nSPS) is 11.2. The number of ether oxygens (including phenoxy) is 1. The van der Waals surface area contributed by atoms with Gasteiger partial charge >= 0.3 is 5.97 Å². The van der Waals surface area contributed by atoms with Gasteiger partial charge in [-0.1, -0.05) is 46.9 Å². The van der Waals surface area contributed by atoms with Crippen molar-refractivity contribution < 1.29 is 18.7 Å². The lowest BCUT2D eigenvalue weighted by Crippen LogP contribution is -2.16. The van der Waals surface area contributed by atoms with Gasteiger partial charge < -0.3 is 14.5 Å². The Morgan fingerprint density at radius 2 is 1.78 bits per heavy atom. The molecule has 1 N–H and O–H groups in total. The Kier molecular flexibility index (Phi) is 8.37. The molecule has 0 aliphatic carbocycles. The van der Waals surface area contributed by atoms with Gasteiger partial charge in [-0.2, -0.15) is 5.26 Å². The molecule has 1 amide bonds. The summed E-state index contributed by atoms with van der Waals surface area (Å²) in [5.74, 6) is -0.625. The zero-order valence-corrected chi connectivity index (χ0v) is 22.3. The molecule has 186 valence electrons. The molecule has 0 radical (unpaired) electrons. The molecule has 0 bridgehead atoms. The van der Waals surface area contributed by atoms with Crippen molar-refractivity contribution in [1.82, 2.24) is 0 Å². The molecule has 0 spiro atoms. The SMILES string of the molecule is CCOC(=O)c1c(-c2ccc(Cl)cc2)csc1NC(=O)C(C#N)=Cc1ccc(-c2cc(Cl)ccc2Cl)o1. The molecule has 2 aromatic heterocycles. The van der Waals surface area contributed by atoms with Gasteiger partial charge in [-0.15, -0.1) is 11.3 Å². The first-order valence-corrected chi connectivity index (χ1v) is 12.8. The second-order valence-electron chi connectivity index (χ2n) is 7.53. The summed E-state index contributed by atoms with van der Waals surface area (Å²) in [6, 6.07) is 17.0. The molecular weight excluding hydrogens is 555 g/mol. The number of esters is 1. The lowest BCUT2D eigenvalue weighted by atomic mass is 10.0. The molecular formula is C27H17Cl3N2O4S. The first-order valence-electron chi connectivity index (χ1n) is 10.8. The summed E-state index contributed by atoms with van der Waals surface area (Å²) in [6.45, 7) is 1.85. The lowest BCUT2D eigenvalue weighted by molar-refractivity contribution is -0.112. The van der Waals surface area contributed by atoms with Crippen molar-refractivity contribution in [2.45, 2.75) is 6.92 Å². The van der Waals surface area contributed by atoms with E-state index in [1.54, 1.807) is 66.9 Å². The van der Waals surface area contributed by atoms with E-state index in [-0.39, 0.29) is 28.5 Å². The minimum absolute atomic E-state index is 0.156. The number of nitrogens with one attached hydrogen (secondary N) is 1. The number of halogens is 3. The first kappa shape index (κ1) is 26.5. The highest BCUT2D eigenvalue weighted by atomic mass is 35.5. The highest BCUT2D eigenvalue weighted by molar-refractivity contribution is 7.15. The van der Waals surface area contributed by atoms with Crippen molar-refractivity contribution in [3.63, 3.8) is 0 Å². The smallest absolute Gasteiger partial charge is 0.341 e. The Labute approximate surface area is 231 Å². The minimum Gasteiger partial charge on any atom is -0.462 e. The average molecular weight is 572 g/mol. The summed E-state index contributed by atoms with van der Waals surface area (Å²) in [4.78, 5) is 25.8. The molecule has 4 aromatic rings. The number of thiophene rings is 1. The van der Waals surface area contributed by atoms with Crippen LogP contribution in [0.2, 0.25) is 15.1 Å². The van der Waals surface area contributed by atoms with Gasteiger partial charge in [0.2, 0.25) is 0 Å². The number of hydrogen-bond donors (Lipinski definition) is 1. The number of carbonyl (C=O) groups is 2. The van der Waals surface area contributed by atoms with Crippen molar-refractivity contribution in [2.75, 3.05) is 11.9 Å². The van der Waals surface area contributed by atoms with Gasteiger partial charge in [0.25, 0.3) is 5.91 Å². The molecule has 6 nitrogen and oxygen atoms in total. The molecule has 10 heteroatoms. The number of carbonyl (C=O) groups excluding carboxylic acids is 2.